The molecule has 16 heteroatoms. The molecule has 3 atom stereocenters. The van der Waals surface area contributed by atoms with Gasteiger partial charge in [0.1, 0.15) is 12.1 Å². The molecule has 0 saturated carbocycles. The Morgan fingerprint density at radius 1 is 0.830 bits per heavy atom. The predicted molar refractivity (Wildman–Crippen MR) is 169 cm³/mol. The quantitative estimate of drug-likeness (QED) is 0.0630. The lowest BCUT2D eigenvalue weighted by atomic mass is 10.0. The number of amides is 1. The molecule has 1 heterocycles. The molecule has 47 heavy (non-hydrogen) atoms. The molecule has 3 N–H and O–H groups in total. The van der Waals surface area contributed by atoms with Crippen LogP contribution < -0.4 is 11.1 Å². The molecule has 16 nitrogen and oxygen atoms in total. The zero-order valence-corrected chi connectivity index (χ0v) is 27.0. The van der Waals surface area contributed by atoms with Crippen molar-refractivity contribution in [3.05, 3.63) is 56.1 Å². The van der Waals surface area contributed by atoms with Gasteiger partial charge < -0.3 is 29.8 Å². The molecular weight excluding hydrogens is 618 g/mol. The van der Waals surface area contributed by atoms with Crippen LogP contribution in [-0.2, 0) is 40.0 Å². The van der Waals surface area contributed by atoms with Gasteiger partial charge in [-0.3, -0.25) is 14.9 Å². The Labute approximate surface area is 274 Å². The monoisotopic (exact) mass is 667 g/mol. The summed E-state index contributed by atoms with van der Waals surface area (Å²) in [7, 11) is 0. The number of likely N-dealkylation sites (tertiary alicyclic amines) is 1. The highest BCUT2D eigenvalue weighted by Crippen LogP contribution is 2.22. The molecular formula is C31H49N5O11. The third kappa shape index (κ3) is 16.4. The summed E-state index contributed by atoms with van der Waals surface area (Å²) >= 11 is 0. The van der Waals surface area contributed by atoms with Crippen molar-refractivity contribution in [1.82, 2.24) is 10.2 Å². The Balaban J connectivity index is 2.03. The van der Waals surface area contributed by atoms with Gasteiger partial charge in [-0.25, -0.2) is 4.79 Å². The van der Waals surface area contributed by atoms with Gasteiger partial charge in [0.15, 0.2) is 0 Å². The number of nitrogens with one attached hydrogen (secondary N) is 1. The maximum atomic E-state index is 13.9. The molecule has 0 spiro atoms. The smallest absolute Gasteiger partial charge is 0.328 e. The van der Waals surface area contributed by atoms with Crippen LogP contribution in [-0.4, -0.2) is 90.6 Å². The summed E-state index contributed by atoms with van der Waals surface area (Å²) in [6, 6.07) is 7.34. The first kappa shape index (κ1) is 39.1. The average Bonchev–Trinajstić information content (AvgIpc) is 3.55. The van der Waals surface area contributed by atoms with Crippen molar-refractivity contribution in [3.8, 4) is 0 Å². The van der Waals surface area contributed by atoms with Crippen molar-refractivity contribution in [2.45, 2.75) is 102 Å². The van der Waals surface area contributed by atoms with Crippen molar-refractivity contribution in [1.29, 1.82) is 0 Å². The highest BCUT2D eigenvalue weighted by molar-refractivity contribution is 5.89. The van der Waals surface area contributed by atoms with Crippen LogP contribution in [0.25, 0.3) is 0 Å². The third-order valence-corrected chi connectivity index (χ3v) is 7.76. The van der Waals surface area contributed by atoms with Crippen molar-refractivity contribution in [2.24, 2.45) is 5.73 Å². The number of aryl methyl sites for hydroxylation is 1. The Bertz CT molecular complexity index is 1090. The van der Waals surface area contributed by atoms with Crippen molar-refractivity contribution in [2.75, 3.05) is 39.5 Å². The summed E-state index contributed by atoms with van der Waals surface area (Å²) in [5, 5.41) is 22.1. The summed E-state index contributed by atoms with van der Waals surface area (Å²) < 4.78 is 11.0. The molecule has 0 aromatic heterocycles. The van der Waals surface area contributed by atoms with E-state index in [1.807, 2.05) is 30.3 Å². The van der Waals surface area contributed by atoms with E-state index in [1.54, 1.807) is 0 Å². The van der Waals surface area contributed by atoms with Crippen LogP contribution >= 0.6 is 0 Å². The first-order valence-corrected chi connectivity index (χ1v) is 16.4. The maximum Gasteiger partial charge on any atom is 0.328 e. The van der Waals surface area contributed by atoms with E-state index in [-0.39, 0.29) is 32.3 Å². The van der Waals surface area contributed by atoms with Crippen LogP contribution in [0.3, 0.4) is 0 Å². The average molecular weight is 668 g/mol. The molecule has 1 aromatic carbocycles. The van der Waals surface area contributed by atoms with E-state index >= 15 is 0 Å². The minimum absolute atomic E-state index is 0.0221. The van der Waals surface area contributed by atoms with Crippen molar-refractivity contribution in [3.63, 3.8) is 0 Å². The number of esters is 2. The number of ether oxygens (including phenoxy) is 2. The normalized spacial score (nSPS) is 15.4. The van der Waals surface area contributed by atoms with Gasteiger partial charge in [0.2, 0.25) is 5.91 Å². The number of rotatable bonds is 26. The summed E-state index contributed by atoms with van der Waals surface area (Å²) in [4.78, 5) is 70.9. The number of nitrogens with two attached hydrogens (primary N) is 1. The van der Waals surface area contributed by atoms with Gasteiger partial charge in [-0.15, -0.1) is 20.2 Å². The summed E-state index contributed by atoms with van der Waals surface area (Å²) in [5.41, 5.74) is 6.74. The standard InChI is InChI=1S/C31H49N5O11/c32-19-7-6-15-26(29(37)34-20-12-16-28(34)31(39)45-22-9-3-11-24-47-36(42)43)33-27(18-17-25-13-4-1-5-14-25)30(38)44-21-8-2-10-23-46-35(40)41/h1,4-5,13-14,26-28,33H,2-3,6-12,15-24,32H2. The molecule has 0 aliphatic carbocycles. The van der Waals surface area contributed by atoms with Gasteiger partial charge in [-0.1, -0.05) is 36.8 Å². The topological polar surface area (TPSA) is 216 Å². The number of unbranched alkanes of at least 4 members (excludes halogenated alkanes) is 5. The minimum atomic E-state index is -0.845. The van der Waals surface area contributed by atoms with Gasteiger partial charge >= 0.3 is 11.9 Å². The van der Waals surface area contributed by atoms with Crippen LogP contribution in [0.5, 0.6) is 0 Å². The molecule has 1 amide bonds. The second-order valence-electron chi connectivity index (χ2n) is 11.3. The first-order valence-electron chi connectivity index (χ1n) is 16.4. The zero-order chi connectivity index (χ0) is 34.3. The molecule has 0 bridgehead atoms. The highest BCUT2D eigenvalue weighted by atomic mass is 17.0. The Kier molecular flexibility index (Phi) is 19.4. The largest absolute Gasteiger partial charge is 0.465 e. The van der Waals surface area contributed by atoms with Gasteiger partial charge in [0, 0.05) is 6.54 Å². The lowest BCUT2D eigenvalue weighted by Gasteiger charge is -2.30. The Morgan fingerprint density at radius 2 is 1.45 bits per heavy atom. The minimum Gasteiger partial charge on any atom is -0.465 e. The fraction of sp³-hybridized carbons (Fsp3) is 0.710. The summed E-state index contributed by atoms with van der Waals surface area (Å²) in [6.07, 6.45) is 6.82. The Morgan fingerprint density at radius 3 is 2.06 bits per heavy atom. The molecule has 1 aliphatic heterocycles. The summed E-state index contributed by atoms with van der Waals surface area (Å²) in [6.45, 7) is 1.03. The van der Waals surface area contributed by atoms with Crippen LogP contribution in [0.15, 0.2) is 30.3 Å². The Hall–Kier alpha value is -4.05. The van der Waals surface area contributed by atoms with Gasteiger partial charge in [0.25, 0.3) is 10.2 Å². The SMILES string of the molecule is NCCCCC(NC(CCc1ccccc1)C(=O)OCCCCCO[N+](=O)[O-])C(=O)N1CCCC1C(=O)OCCCCCO[N+](=O)[O-]. The number of nitrogens with zero attached hydrogens (tertiary/aromatic N) is 3. The molecule has 264 valence electrons. The lowest BCUT2D eigenvalue weighted by Crippen LogP contribution is -2.54. The zero-order valence-electron chi connectivity index (χ0n) is 27.0. The number of hydrogen-bond donors (Lipinski definition) is 2. The molecule has 1 fully saturated rings. The van der Waals surface area contributed by atoms with E-state index in [0.717, 1.165) is 5.56 Å². The molecule has 1 aliphatic rings. The van der Waals surface area contributed by atoms with Crippen LogP contribution in [0, 0.1) is 20.2 Å². The van der Waals surface area contributed by atoms with Gasteiger partial charge in [0.05, 0.1) is 32.5 Å². The van der Waals surface area contributed by atoms with Crippen LogP contribution in [0.2, 0.25) is 0 Å². The van der Waals surface area contributed by atoms with E-state index in [0.29, 0.717) is 96.6 Å². The van der Waals surface area contributed by atoms with Crippen LogP contribution in [0.4, 0.5) is 0 Å². The molecule has 2 rings (SSSR count). The van der Waals surface area contributed by atoms with Gasteiger partial charge in [-0.05, 0) is 89.2 Å². The molecule has 0 radical (unpaired) electrons. The van der Waals surface area contributed by atoms with Crippen molar-refractivity contribution < 1.29 is 43.7 Å². The third-order valence-electron chi connectivity index (χ3n) is 7.76. The van der Waals surface area contributed by atoms with E-state index < -0.39 is 40.2 Å². The molecule has 1 saturated heterocycles. The fourth-order valence-corrected chi connectivity index (χ4v) is 5.30. The number of hydrogen-bond acceptors (Lipinski definition) is 13. The van der Waals surface area contributed by atoms with E-state index in [2.05, 4.69) is 15.0 Å². The fourth-order valence-electron chi connectivity index (χ4n) is 5.30. The predicted octanol–water partition coefficient (Wildman–Crippen LogP) is 2.91. The highest BCUT2D eigenvalue weighted by Gasteiger charge is 2.39. The first-order chi connectivity index (χ1) is 22.7. The number of benzene rings is 1. The summed E-state index contributed by atoms with van der Waals surface area (Å²) in [5.74, 6) is -1.29. The molecule has 3 unspecified atom stereocenters. The van der Waals surface area contributed by atoms with E-state index in [9.17, 15) is 34.6 Å². The maximum absolute atomic E-state index is 13.9. The van der Waals surface area contributed by atoms with E-state index in [4.69, 9.17) is 15.2 Å². The van der Waals surface area contributed by atoms with Gasteiger partial charge in [-0.2, -0.15) is 0 Å². The second kappa shape index (κ2) is 23.3. The van der Waals surface area contributed by atoms with Crippen LogP contribution in [0.1, 0.15) is 82.6 Å². The number of carbonyl (C=O) groups is 3. The second-order valence-corrected chi connectivity index (χ2v) is 11.3. The number of carbonyl (C=O) groups excluding carboxylic acids is 3. The van der Waals surface area contributed by atoms with Crippen molar-refractivity contribution >= 4 is 17.8 Å². The van der Waals surface area contributed by atoms with E-state index in [1.165, 1.54) is 4.90 Å². The lowest BCUT2D eigenvalue weighted by molar-refractivity contribution is -0.757. The molecule has 1 aromatic rings.